The van der Waals surface area contributed by atoms with Crippen LogP contribution in [0.3, 0.4) is 0 Å². The third-order valence-electron chi connectivity index (χ3n) is 3.96. The number of nitrogens with zero attached hydrogens (tertiary/aromatic N) is 1. The van der Waals surface area contributed by atoms with Crippen molar-refractivity contribution in [2.24, 2.45) is 5.73 Å². The van der Waals surface area contributed by atoms with Gasteiger partial charge in [-0.25, -0.2) is 4.39 Å². The Morgan fingerprint density at radius 1 is 1.00 bits per heavy atom. The Hall–Kier alpha value is -0.150. The van der Waals surface area contributed by atoms with Crippen molar-refractivity contribution in [2.45, 2.75) is 63.2 Å². The van der Waals surface area contributed by atoms with E-state index in [0.29, 0.717) is 12.6 Å². The smallest absolute Gasteiger partial charge is 0.128 e. The standard InChI is InChI=1S/C12H23FN2/c13-11-9-15(8-7-12(11)14)10-5-3-1-2-4-6-10/h10-12H,1-9,14H2. The van der Waals surface area contributed by atoms with E-state index in [1.165, 1.54) is 38.5 Å². The highest BCUT2D eigenvalue weighted by molar-refractivity contribution is 4.86. The van der Waals surface area contributed by atoms with Crippen molar-refractivity contribution in [3.8, 4) is 0 Å². The lowest BCUT2D eigenvalue weighted by atomic mass is 9.99. The van der Waals surface area contributed by atoms with E-state index in [4.69, 9.17) is 5.73 Å². The van der Waals surface area contributed by atoms with Crippen LogP contribution in [0, 0.1) is 0 Å². The Kier molecular flexibility index (Phi) is 3.98. The summed E-state index contributed by atoms with van der Waals surface area (Å²) in [6.45, 7) is 1.58. The molecule has 2 fully saturated rings. The maximum Gasteiger partial charge on any atom is 0.128 e. The summed E-state index contributed by atoms with van der Waals surface area (Å²) in [7, 11) is 0. The largest absolute Gasteiger partial charge is 0.325 e. The molecule has 2 nitrogen and oxygen atoms in total. The van der Waals surface area contributed by atoms with E-state index in [1.54, 1.807) is 0 Å². The topological polar surface area (TPSA) is 29.3 Å². The van der Waals surface area contributed by atoms with Crippen molar-refractivity contribution in [1.82, 2.24) is 4.90 Å². The molecular formula is C12H23FN2. The zero-order valence-corrected chi connectivity index (χ0v) is 9.50. The molecule has 0 aromatic rings. The first-order valence-corrected chi connectivity index (χ1v) is 6.41. The number of hydrogen-bond acceptors (Lipinski definition) is 2. The van der Waals surface area contributed by atoms with Crippen LogP contribution in [0.1, 0.15) is 44.9 Å². The third kappa shape index (κ3) is 2.91. The summed E-state index contributed by atoms with van der Waals surface area (Å²) in [6, 6.07) is 0.422. The highest BCUT2D eigenvalue weighted by Gasteiger charge is 2.30. The zero-order chi connectivity index (χ0) is 10.7. The number of likely N-dealkylation sites (tertiary alicyclic amines) is 1. The van der Waals surface area contributed by atoms with Gasteiger partial charge in [-0.05, 0) is 19.3 Å². The molecule has 88 valence electrons. The molecule has 0 amide bonds. The van der Waals surface area contributed by atoms with E-state index in [-0.39, 0.29) is 6.04 Å². The predicted molar refractivity (Wildman–Crippen MR) is 60.6 cm³/mol. The summed E-state index contributed by atoms with van der Waals surface area (Å²) in [4.78, 5) is 2.35. The van der Waals surface area contributed by atoms with Crippen molar-refractivity contribution in [3.63, 3.8) is 0 Å². The molecule has 0 radical (unpaired) electrons. The van der Waals surface area contributed by atoms with Crippen LogP contribution >= 0.6 is 0 Å². The van der Waals surface area contributed by atoms with Gasteiger partial charge in [0.2, 0.25) is 0 Å². The molecule has 0 bridgehead atoms. The Bertz CT molecular complexity index is 190. The quantitative estimate of drug-likeness (QED) is 0.677. The molecule has 1 saturated heterocycles. The second kappa shape index (κ2) is 5.26. The number of nitrogens with two attached hydrogens (primary N) is 1. The van der Waals surface area contributed by atoms with Crippen LogP contribution < -0.4 is 5.73 Å². The minimum Gasteiger partial charge on any atom is -0.325 e. The van der Waals surface area contributed by atoms with Gasteiger partial charge in [0.15, 0.2) is 0 Å². The van der Waals surface area contributed by atoms with E-state index < -0.39 is 6.17 Å². The lowest BCUT2D eigenvalue weighted by Gasteiger charge is -2.38. The number of halogens is 1. The van der Waals surface area contributed by atoms with Crippen LogP contribution in [-0.4, -0.2) is 36.2 Å². The van der Waals surface area contributed by atoms with Gasteiger partial charge in [-0.15, -0.1) is 0 Å². The normalized spacial score (nSPS) is 36.4. The van der Waals surface area contributed by atoms with Crippen molar-refractivity contribution >= 4 is 0 Å². The second-order valence-corrected chi connectivity index (χ2v) is 5.11. The molecule has 0 aromatic heterocycles. The Labute approximate surface area is 92.0 Å². The van der Waals surface area contributed by atoms with Crippen LogP contribution in [0.2, 0.25) is 0 Å². The highest BCUT2D eigenvalue weighted by atomic mass is 19.1. The molecule has 2 N–H and O–H groups in total. The second-order valence-electron chi connectivity index (χ2n) is 5.11. The minimum absolute atomic E-state index is 0.216. The van der Waals surface area contributed by atoms with Crippen molar-refractivity contribution < 1.29 is 4.39 Å². The van der Waals surface area contributed by atoms with Gasteiger partial charge in [-0.3, -0.25) is 4.90 Å². The third-order valence-corrected chi connectivity index (χ3v) is 3.96. The number of alkyl halides is 1. The van der Waals surface area contributed by atoms with Gasteiger partial charge in [-0.2, -0.15) is 0 Å². The molecule has 2 aliphatic rings. The van der Waals surface area contributed by atoms with Crippen molar-refractivity contribution in [2.75, 3.05) is 13.1 Å². The van der Waals surface area contributed by atoms with Crippen LogP contribution in [0.15, 0.2) is 0 Å². The van der Waals surface area contributed by atoms with Gasteiger partial charge < -0.3 is 5.73 Å². The van der Waals surface area contributed by atoms with Gasteiger partial charge in [0.1, 0.15) is 6.17 Å². The van der Waals surface area contributed by atoms with E-state index in [0.717, 1.165) is 13.0 Å². The van der Waals surface area contributed by atoms with Crippen molar-refractivity contribution in [1.29, 1.82) is 0 Å². The zero-order valence-electron chi connectivity index (χ0n) is 9.50. The van der Waals surface area contributed by atoms with Gasteiger partial charge in [0.25, 0.3) is 0 Å². The average molecular weight is 214 g/mol. The number of rotatable bonds is 1. The molecule has 1 aliphatic heterocycles. The van der Waals surface area contributed by atoms with Crippen LogP contribution in [0.25, 0.3) is 0 Å². The first kappa shape index (κ1) is 11.3. The van der Waals surface area contributed by atoms with E-state index in [9.17, 15) is 4.39 Å². The summed E-state index contributed by atoms with van der Waals surface area (Å²) in [5.41, 5.74) is 5.70. The molecule has 1 saturated carbocycles. The maximum absolute atomic E-state index is 13.5. The van der Waals surface area contributed by atoms with Crippen LogP contribution in [-0.2, 0) is 0 Å². The molecule has 3 heteroatoms. The molecule has 15 heavy (non-hydrogen) atoms. The maximum atomic E-state index is 13.5. The van der Waals surface area contributed by atoms with Gasteiger partial charge >= 0.3 is 0 Å². The Morgan fingerprint density at radius 2 is 1.67 bits per heavy atom. The molecule has 2 atom stereocenters. The molecule has 1 heterocycles. The summed E-state index contributed by atoms with van der Waals surface area (Å²) >= 11 is 0. The summed E-state index contributed by atoms with van der Waals surface area (Å²) < 4.78 is 13.5. The van der Waals surface area contributed by atoms with Crippen LogP contribution in [0.4, 0.5) is 4.39 Å². The Morgan fingerprint density at radius 3 is 2.27 bits per heavy atom. The highest BCUT2D eigenvalue weighted by Crippen LogP contribution is 2.25. The summed E-state index contributed by atoms with van der Waals surface area (Å²) in [5, 5.41) is 0. The SMILES string of the molecule is NC1CCN(C2CCCCCC2)CC1F. The molecule has 0 spiro atoms. The molecule has 1 aliphatic carbocycles. The first-order chi connectivity index (χ1) is 7.27. The van der Waals surface area contributed by atoms with E-state index >= 15 is 0 Å². The fraction of sp³-hybridized carbons (Fsp3) is 1.00. The van der Waals surface area contributed by atoms with Gasteiger partial charge in [-0.1, -0.05) is 25.7 Å². The van der Waals surface area contributed by atoms with Gasteiger partial charge in [0, 0.05) is 25.2 Å². The molecular weight excluding hydrogens is 191 g/mol. The summed E-state index contributed by atoms with van der Waals surface area (Å²) in [6.07, 6.45) is 7.93. The van der Waals surface area contributed by atoms with Crippen LogP contribution in [0.5, 0.6) is 0 Å². The van der Waals surface area contributed by atoms with Crippen molar-refractivity contribution in [3.05, 3.63) is 0 Å². The average Bonchev–Trinajstić information content (AvgIpc) is 2.50. The Balaban J connectivity index is 1.86. The first-order valence-electron chi connectivity index (χ1n) is 6.41. The lowest BCUT2D eigenvalue weighted by molar-refractivity contribution is 0.0772. The van der Waals surface area contributed by atoms with E-state index in [2.05, 4.69) is 4.90 Å². The fourth-order valence-electron chi connectivity index (χ4n) is 2.90. The number of hydrogen-bond donors (Lipinski definition) is 1. The monoisotopic (exact) mass is 214 g/mol. The van der Waals surface area contributed by atoms with Gasteiger partial charge in [0.05, 0.1) is 0 Å². The molecule has 0 aromatic carbocycles. The number of piperidine rings is 1. The lowest BCUT2D eigenvalue weighted by Crippen LogP contribution is -2.51. The minimum atomic E-state index is -0.804. The molecule has 2 unspecified atom stereocenters. The fourth-order valence-corrected chi connectivity index (χ4v) is 2.90. The summed E-state index contributed by atoms with van der Waals surface area (Å²) in [5.74, 6) is 0. The molecule has 2 rings (SSSR count). The predicted octanol–water partition coefficient (Wildman–Crippen LogP) is 2.08. The van der Waals surface area contributed by atoms with E-state index in [1.807, 2.05) is 0 Å².